The van der Waals surface area contributed by atoms with Gasteiger partial charge in [0.05, 0.1) is 24.7 Å². The first-order valence-corrected chi connectivity index (χ1v) is 11.5. The van der Waals surface area contributed by atoms with Crippen LogP contribution >= 0.6 is 0 Å². The molecule has 8 heteroatoms. The second-order valence-corrected chi connectivity index (χ2v) is 9.00. The molecule has 7 nitrogen and oxygen atoms in total. The third-order valence-electron chi connectivity index (χ3n) is 5.00. The van der Waals surface area contributed by atoms with Crippen molar-refractivity contribution in [1.29, 1.82) is 0 Å². The lowest BCUT2D eigenvalue weighted by atomic mass is 10.1. The summed E-state index contributed by atoms with van der Waals surface area (Å²) in [5.74, 6) is 2.67. The second-order valence-electron chi connectivity index (χ2n) is 7.23. The number of carbonyl (C=O) groups is 1. The van der Waals surface area contributed by atoms with Gasteiger partial charge in [0, 0.05) is 25.3 Å². The summed E-state index contributed by atoms with van der Waals surface area (Å²) in [7, 11) is -2.21. The van der Waals surface area contributed by atoms with E-state index in [1.807, 2.05) is 24.3 Å². The molecular weight excluding hydrogens is 416 g/mol. The lowest BCUT2D eigenvalue weighted by Gasteiger charge is -2.26. The number of benzene rings is 2. The van der Waals surface area contributed by atoms with Gasteiger partial charge >= 0.3 is 0 Å². The summed E-state index contributed by atoms with van der Waals surface area (Å²) in [6, 6.07) is 13.5. The van der Waals surface area contributed by atoms with Crippen LogP contribution in [0.2, 0.25) is 0 Å². The molecule has 0 spiro atoms. The minimum atomic E-state index is -3.80. The number of sulfonamides is 1. The van der Waals surface area contributed by atoms with Crippen molar-refractivity contribution >= 4 is 15.9 Å². The van der Waals surface area contributed by atoms with Gasteiger partial charge in [-0.3, -0.25) is 4.79 Å². The molecule has 1 saturated heterocycles. The Hall–Kier alpha value is -2.86. The summed E-state index contributed by atoms with van der Waals surface area (Å²) in [6.45, 7) is 1.33. The number of hydrogen-bond acceptors (Lipinski definition) is 5. The van der Waals surface area contributed by atoms with Crippen molar-refractivity contribution in [3.8, 4) is 18.1 Å². The fraction of sp³-hybridized carbons (Fsp3) is 0.348. The van der Waals surface area contributed by atoms with Crippen molar-refractivity contribution in [1.82, 2.24) is 9.62 Å². The van der Waals surface area contributed by atoms with E-state index in [4.69, 9.17) is 15.9 Å². The number of rotatable bonds is 9. The van der Waals surface area contributed by atoms with E-state index in [1.165, 1.54) is 12.1 Å². The van der Waals surface area contributed by atoms with Gasteiger partial charge < -0.3 is 14.4 Å². The van der Waals surface area contributed by atoms with Crippen molar-refractivity contribution in [2.24, 2.45) is 0 Å². The molecule has 0 aromatic heterocycles. The SMILES string of the molecule is C#CCNS(=O)(=O)c1cccc(C(=O)N(Cc2cccc(OC)c2)CC2CCCO2)c1. The van der Waals surface area contributed by atoms with Gasteiger partial charge in [0.1, 0.15) is 5.75 Å². The van der Waals surface area contributed by atoms with Gasteiger partial charge in [-0.05, 0) is 48.7 Å². The third kappa shape index (κ3) is 6.07. The molecule has 1 aliphatic rings. The lowest BCUT2D eigenvalue weighted by molar-refractivity contribution is 0.0507. The van der Waals surface area contributed by atoms with Crippen molar-refractivity contribution in [2.45, 2.75) is 30.4 Å². The number of amides is 1. The summed E-state index contributed by atoms with van der Waals surface area (Å²) in [6.07, 6.45) is 6.94. The summed E-state index contributed by atoms with van der Waals surface area (Å²) >= 11 is 0. The Labute approximate surface area is 183 Å². The van der Waals surface area contributed by atoms with Crippen LogP contribution in [0.25, 0.3) is 0 Å². The molecule has 1 heterocycles. The van der Waals surface area contributed by atoms with Crippen LogP contribution in [0.1, 0.15) is 28.8 Å². The highest BCUT2D eigenvalue weighted by molar-refractivity contribution is 7.89. The third-order valence-corrected chi connectivity index (χ3v) is 6.40. The molecule has 2 aromatic carbocycles. The van der Waals surface area contributed by atoms with Crippen molar-refractivity contribution in [3.05, 3.63) is 59.7 Å². The normalized spacial score (nSPS) is 15.9. The maximum atomic E-state index is 13.4. The van der Waals surface area contributed by atoms with Gasteiger partial charge in [-0.2, -0.15) is 4.72 Å². The first kappa shape index (κ1) is 22.8. The molecule has 0 aliphatic carbocycles. The Bertz CT molecular complexity index is 1060. The highest BCUT2D eigenvalue weighted by atomic mass is 32.2. The van der Waals surface area contributed by atoms with Crippen LogP contribution < -0.4 is 9.46 Å². The topological polar surface area (TPSA) is 84.9 Å². The van der Waals surface area contributed by atoms with E-state index in [2.05, 4.69) is 10.6 Å². The molecule has 3 rings (SSSR count). The Morgan fingerprint density at radius 2 is 2.10 bits per heavy atom. The van der Waals surface area contributed by atoms with Crippen LogP contribution in [0.3, 0.4) is 0 Å². The van der Waals surface area contributed by atoms with E-state index >= 15 is 0 Å². The van der Waals surface area contributed by atoms with Gasteiger partial charge in [-0.15, -0.1) is 6.42 Å². The van der Waals surface area contributed by atoms with E-state index in [0.717, 1.165) is 18.4 Å². The predicted octanol–water partition coefficient (Wildman–Crippen LogP) is 2.43. The molecule has 2 aromatic rings. The maximum absolute atomic E-state index is 13.4. The molecule has 1 fully saturated rings. The van der Waals surface area contributed by atoms with Crippen molar-refractivity contribution < 1.29 is 22.7 Å². The highest BCUT2D eigenvalue weighted by Crippen LogP contribution is 2.20. The molecule has 1 atom stereocenters. The Balaban J connectivity index is 1.86. The molecule has 31 heavy (non-hydrogen) atoms. The van der Waals surface area contributed by atoms with Crippen LogP contribution in [0.15, 0.2) is 53.4 Å². The molecule has 1 amide bonds. The molecule has 0 radical (unpaired) electrons. The minimum absolute atomic E-state index is 0.00736. The first-order chi connectivity index (χ1) is 14.9. The van der Waals surface area contributed by atoms with E-state index in [1.54, 1.807) is 24.1 Å². The minimum Gasteiger partial charge on any atom is -0.497 e. The van der Waals surface area contributed by atoms with E-state index < -0.39 is 10.0 Å². The molecule has 1 N–H and O–H groups in total. The predicted molar refractivity (Wildman–Crippen MR) is 117 cm³/mol. The van der Waals surface area contributed by atoms with Crippen molar-refractivity contribution in [2.75, 3.05) is 26.8 Å². The first-order valence-electron chi connectivity index (χ1n) is 10.00. The fourth-order valence-electron chi connectivity index (χ4n) is 3.44. The smallest absolute Gasteiger partial charge is 0.254 e. The summed E-state index contributed by atoms with van der Waals surface area (Å²) < 4.78 is 38.1. The van der Waals surface area contributed by atoms with Gasteiger partial charge in [0.15, 0.2) is 0 Å². The Morgan fingerprint density at radius 1 is 1.29 bits per heavy atom. The quantitative estimate of drug-likeness (QED) is 0.603. The lowest BCUT2D eigenvalue weighted by Crippen LogP contribution is -2.37. The molecule has 1 aliphatic heterocycles. The van der Waals surface area contributed by atoms with Crippen LogP contribution in [0.5, 0.6) is 5.75 Å². The van der Waals surface area contributed by atoms with E-state index in [9.17, 15) is 13.2 Å². The summed E-state index contributed by atoms with van der Waals surface area (Å²) in [5, 5.41) is 0. The monoisotopic (exact) mass is 442 g/mol. The zero-order valence-electron chi connectivity index (χ0n) is 17.4. The fourth-order valence-corrected chi connectivity index (χ4v) is 4.42. The van der Waals surface area contributed by atoms with Gasteiger partial charge in [-0.1, -0.05) is 24.1 Å². The second kappa shape index (κ2) is 10.4. The zero-order chi connectivity index (χ0) is 22.3. The average molecular weight is 443 g/mol. The highest BCUT2D eigenvalue weighted by Gasteiger charge is 2.25. The number of nitrogens with zero attached hydrogens (tertiary/aromatic N) is 1. The average Bonchev–Trinajstić information content (AvgIpc) is 3.30. The Kier molecular flexibility index (Phi) is 7.69. The standard InChI is InChI=1S/C23H26N2O5S/c1-3-12-24-31(27,28)22-11-5-8-19(15-22)23(26)25(17-21-10-6-13-30-21)16-18-7-4-9-20(14-18)29-2/h1,4-5,7-9,11,14-15,21,24H,6,10,12-13,16-17H2,2H3. The molecule has 0 saturated carbocycles. The maximum Gasteiger partial charge on any atom is 0.254 e. The molecule has 0 bridgehead atoms. The van der Waals surface area contributed by atoms with Gasteiger partial charge in [0.25, 0.3) is 5.91 Å². The summed E-state index contributed by atoms with van der Waals surface area (Å²) in [4.78, 5) is 15.1. The van der Waals surface area contributed by atoms with Crippen LogP contribution in [-0.4, -0.2) is 52.1 Å². The van der Waals surface area contributed by atoms with Gasteiger partial charge in [0.2, 0.25) is 10.0 Å². The van der Waals surface area contributed by atoms with E-state index in [-0.39, 0.29) is 29.0 Å². The van der Waals surface area contributed by atoms with Crippen LogP contribution in [0, 0.1) is 12.3 Å². The van der Waals surface area contributed by atoms with Crippen LogP contribution in [-0.2, 0) is 21.3 Å². The number of terminal acetylenes is 1. The number of nitrogens with one attached hydrogen (secondary N) is 1. The largest absolute Gasteiger partial charge is 0.497 e. The molecular formula is C23H26N2O5S. The number of carbonyl (C=O) groups excluding carboxylic acids is 1. The zero-order valence-corrected chi connectivity index (χ0v) is 18.2. The number of ether oxygens (including phenoxy) is 2. The van der Waals surface area contributed by atoms with Crippen molar-refractivity contribution in [3.63, 3.8) is 0 Å². The molecule has 164 valence electrons. The number of methoxy groups -OCH3 is 1. The number of hydrogen-bond donors (Lipinski definition) is 1. The summed E-state index contributed by atoms with van der Waals surface area (Å²) in [5.41, 5.74) is 1.19. The Morgan fingerprint density at radius 3 is 2.81 bits per heavy atom. The van der Waals surface area contributed by atoms with E-state index in [0.29, 0.717) is 25.4 Å². The van der Waals surface area contributed by atoms with Crippen LogP contribution in [0.4, 0.5) is 0 Å². The molecule has 1 unspecified atom stereocenters. The van der Waals surface area contributed by atoms with Gasteiger partial charge in [-0.25, -0.2) is 8.42 Å².